The molecular weight excluding hydrogens is 254 g/mol. The molecule has 106 valence electrons. The maximum Gasteiger partial charge on any atom is 0.119 e. The number of thiocarbonyl (C=S) groups is 1. The molecule has 0 spiro atoms. The van der Waals surface area contributed by atoms with E-state index in [2.05, 4.69) is 32.9 Å². The molecule has 1 aromatic rings. The highest BCUT2D eigenvalue weighted by Gasteiger charge is 2.21. The predicted molar refractivity (Wildman–Crippen MR) is 85.8 cm³/mol. The molecule has 0 radical (unpaired) electrons. The van der Waals surface area contributed by atoms with E-state index < -0.39 is 0 Å². The first-order chi connectivity index (χ1) is 8.63. The number of rotatable bonds is 5. The Morgan fingerprint density at radius 3 is 2.37 bits per heavy atom. The van der Waals surface area contributed by atoms with E-state index in [4.69, 9.17) is 22.7 Å². The van der Waals surface area contributed by atoms with Gasteiger partial charge in [0, 0.05) is 5.41 Å². The molecule has 0 bridgehead atoms. The van der Waals surface area contributed by atoms with E-state index in [1.54, 1.807) is 0 Å². The zero-order chi connectivity index (χ0) is 14.7. The lowest BCUT2D eigenvalue weighted by atomic mass is 9.87. The number of ether oxygens (including phenoxy) is 1. The Balaban J connectivity index is 2.62. The largest absolute Gasteiger partial charge is 0.494 e. The van der Waals surface area contributed by atoms with E-state index in [-0.39, 0.29) is 10.8 Å². The van der Waals surface area contributed by atoms with Gasteiger partial charge in [0.05, 0.1) is 11.6 Å². The summed E-state index contributed by atoms with van der Waals surface area (Å²) in [5.74, 6) is 0.908. The first-order valence-corrected chi connectivity index (χ1v) is 7.07. The summed E-state index contributed by atoms with van der Waals surface area (Å²) in [6.07, 6.45) is 0.822. The molecule has 0 aliphatic heterocycles. The summed E-state index contributed by atoms with van der Waals surface area (Å²) < 4.78 is 5.81. The molecule has 0 aliphatic carbocycles. The summed E-state index contributed by atoms with van der Waals surface area (Å²) in [5.41, 5.74) is 6.96. The molecule has 2 N–H and O–H groups in total. The lowest BCUT2D eigenvalue weighted by molar-refractivity contribution is 0.270. The summed E-state index contributed by atoms with van der Waals surface area (Å²) in [7, 11) is 0. The Kier molecular flexibility index (Phi) is 4.97. The van der Waals surface area contributed by atoms with Gasteiger partial charge in [-0.3, -0.25) is 0 Å². The molecule has 0 fully saturated rings. The van der Waals surface area contributed by atoms with Crippen molar-refractivity contribution >= 4 is 17.2 Å². The summed E-state index contributed by atoms with van der Waals surface area (Å²) in [6, 6.07) is 8.26. The third kappa shape index (κ3) is 4.83. The molecule has 1 rings (SSSR count). The predicted octanol–water partition coefficient (Wildman–Crippen LogP) is 4.07. The first kappa shape index (κ1) is 16.0. The summed E-state index contributed by atoms with van der Waals surface area (Å²) in [4.78, 5) is 0.541. The lowest BCUT2D eigenvalue weighted by Gasteiger charge is -2.23. The molecule has 0 amide bonds. The van der Waals surface area contributed by atoms with E-state index in [0.717, 1.165) is 12.2 Å². The van der Waals surface area contributed by atoms with Crippen molar-refractivity contribution in [2.24, 2.45) is 11.1 Å². The molecule has 2 nitrogen and oxygen atoms in total. The van der Waals surface area contributed by atoms with E-state index in [1.165, 1.54) is 5.56 Å². The van der Waals surface area contributed by atoms with Crippen molar-refractivity contribution in [3.05, 3.63) is 29.8 Å². The van der Waals surface area contributed by atoms with E-state index in [1.807, 2.05) is 26.0 Å². The fourth-order valence-corrected chi connectivity index (χ4v) is 1.70. The van der Waals surface area contributed by atoms with E-state index in [9.17, 15) is 0 Å². The lowest BCUT2D eigenvalue weighted by Crippen LogP contribution is -2.31. The Labute approximate surface area is 122 Å². The van der Waals surface area contributed by atoms with Crippen LogP contribution in [0.15, 0.2) is 24.3 Å². The van der Waals surface area contributed by atoms with Crippen molar-refractivity contribution in [2.75, 3.05) is 6.61 Å². The van der Waals surface area contributed by atoms with Crippen LogP contribution in [-0.2, 0) is 5.41 Å². The summed E-state index contributed by atoms with van der Waals surface area (Å²) >= 11 is 5.05. The second kappa shape index (κ2) is 5.91. The number of benzene rings is 1. The third-order valence-electron chi connectivity index (χ3n) is 3.36. The molecule has 0 unspecified atom stereocenters. The highest BCUT2D eigenvalue weighted by atomic mass is 32.1. The van der Waals surface area contributed by atoms with Crippen LogP contribution in [0.3, 0.4) is 0 Å². The number of hydrogen-bond acceptors (Lipinski definition) is 2. The molecule has 0 heterocycles. The van der Waals surface area contributed by atoms with Gasteiger partial charge in [0.1, 0.15) is 5.75 Å². The highest BCUT2D eigenvalue weighted by Crippen LogP contribution is 2.26. The average Bonchev–Trinajstić information content (AvgIpc) is 2.28. The molecule has 0 saturated heterocycles. The van der Waals surface area contributed by atoms with Crippen molar-refractivity contribution in [3.8, 4) is 5.75 Å². The van der Waals surface area contributed by atoms with Gasteiger partial charge in [-0.25, -0.2) is 0 Å². The second-order valence-electron chi connectivity index (χ2n) is 6.62. The molecule has 0 saturated carbocycles. The smallest absolute Gasteiger partial charge is 0.119 e. The number of hydrogen-bond donors (Lipinski definition) is 1. The van der Waals surface area contributed by atoms with Gasteiger partial charge in [0.15, 0.2) is 0 Å². The van der Waals surface area contributed by atoms with Gasteiger partial charge in [-0.05, 0) is 29.5 Å². The topological polar surface area (TPSA) is 35.2 Å². The first-order valence-electron chi connectivity index (χ1n) is 6.66. The minimum Gasteiger partial charge on any atom is -0.494 e. The normalized spacial score (nSPS) is 12.3. The van der Waals surface area contributed by atoms with E-state index in [0.29, 0.717) is 11.6 Å². The molecule has 0 atom stereocenters. The highest BCUT2D eigenvalue weighted by molar-refractivity contribution is 7.80. The molecule has 3 heteroatoms. The summed E-state index contributed by atoms with van der Waals surface area (Å²) in [6.45, 7) is 11.3. The van der Waals surface area contributed by atoms with Gasteiger partial charge in [-0.1, -0.05) is 59.0 Å². The summed E-state index contributed by atoms with van der Waals surface area (Å²) in [5, 5.41) is 0. The van der Waals surface area contributed by atoms with Crippen molar-refractivity contribution in [1.29, 1.82) is 0 Å². The molecule has 0 aromatic heterocycles. The van der Waals surface area contributed by atoms with Gasteiger partial charge in [-0.2, -0.15) is 0 Å². The fraction of sp³-hybridized carbons (Fsp3) is 0.562. The van der Waals surface area contributed by atoms with Crippen LogP contribution in [0, 0.1) is 5.41 Å². The van der Waals surface area contributed by atoms with Gasteiger partial charge in [0.25, 0.3) is 0 Å². The molecule has 19 heavy (non-hydrogen) atoms. The van der Waals surface area contributed by atoms with Crippen LogP contribution < -0.4 is 10.5 Å². The Bertz CT molecular complexity index is 446. The van der Waals surface area contributed by atoms with Crippen LogP contribution in [0.25, 0.3) is 0 Å². The minimum atomic E-state index is -0.156. The van der Waals surface area contributed by atoms with Crippen molar-refractivity contribution in [2.45, 2.75) is 46.5 Å². The van der Waals surface area contributed by atoms with Crippen LogP contribution in [0.2, 0.25) is 0 Å². The Morgan fingerprint density at radius 1 is 1.21 bits per heavy atom. The Morgan fingerprint density at radius 2 is 1.84 bits per heavy atom. The quantitative estimate of drug-likeness (QED) is 0.825. The average molecular weight is 279 g/mol. The zero-order valence-corrected chi connectivity index (χ0v) is 13.4. The SMILES string of the molecule is CC(C)(CCOc1cccc(C(C)(C)C)c1)C(N)=S. The molecular formula is C16H25NOS. The van der Waals surface area contributed by atoms with Gasteiger partial charge < -0.3 is 10.5 Å². The monoisotopic (exact) mass is 279 g/mol. The fourth-order valence-electron chi connectivity index (χ4n) is 1.60. The van der Waals surface area contributed by atoms with Gasteiger partial charge >= 0.3 is 0 Å². The van der Waals surface area contributed by atoms with Crippen LogP contribution in [-0.4, -0.2) is 11.6 Å². The van der Waals surface area contributed by atoms with Crippen molar-refractivity contribution in [3.63, 3.8) is 0 Å². The van der Waals surface area contributed by atoms with Crippen molar-refractivity contribution < 1.29 is 4.74 Å². The number of nitrogens with two attached hydrogens (primary N) is 1. The molecule has 0 aliphatic rings. The Hall–Kier alpha value is -1.09. The maximum absolute atomic E-state index is 5.81. The van der Waals surface area contributed by atoms with Crippen LogP contribution in [0.5, 0.6) is 5.75 Å². The van der Waals surface area contributed by atoms with Crippen LogP contribution in [0.1, 0.15) is 46.6 Å². The third-order valence-corrected chi connectivity index (χ3v) is 3.92. The van der Waals surface area contributed by atoms with Crippen molar-refractivity contribution in [1.82, 2.24) is 0 Å². The van der Waals surface area contributed by atoms with Gasteiger partial charge in [-0.15, -0.1) is 0 Å². The zero-order valence-electron chi connectivity index (χ0n) is 12.6. The van der Waals surface area contributed by atoms with Gasteiger partial charge in [0.2, 0.25) is 0 Å². The van der Waals surface area contributed by atoms with E-state index >= 15 is 0 Å². The van der Waals surface area contributed by atoms with Crippen LogP contribution >= 0.6 is 12.2 Å². The second-order valence-corrected chi connectivity index (χ2v) is 7.06. The minimum absolute atomic E-state index is 0.136. The maximum atomic E-state index is 5.81. The van der Waals surface area contributed by atoms with Crippen LogP contribution in [0.4, 0.5) is 0 Å². The molecule has 1 aromatic carbocycles. The standard InChI is InChI=1S/C16H25NOS/c1-15(2,3)12-7-6-8-13(11-12)18-10-9-16(4,5)14(17)19/h6-8,11H,9-10H2,1-5H3,(H2,17,19).